The Morgan fingerprint density at radius 1 is 1.53 bits per heavy atom. The van der Waals surface area contributed by atoms with Crippen LogP contribution in [0.1, 0.15) is 22.2 Å². The molecule has 0 fully saturated rings. The molecular formula is C13H12BrNO3S. The number of carbonyl (C=O) groups is 1. The maximum atomic E-state index is 11.5. The third-order valence-corrected chi connectivity index (χ3v) is 4.71. The van der Waals surface area contributed by atoms with Gasteiger partial charge in [0.25, 0.3) is 0 Å². The molecule has 19 heavy (non-hydrogen) atoms. The van der Waals surface area contributed by atoms with Crippen LogP contribution in [0.25, 0.3) is 0 Å². The highest BCUT2D eigenvalue weighted by molar-refractivity contribution is 9.10. The highest BCUT2D eigenvalue weighted by Crippen LogP contribution is 2.34. The summed E-state index contributed by atoms with van der Waals surface area (Å²) in [6, 6.07) is 5.04. The van der Waals surface area contributed by atoms with E-state index in [1.165, 1.54) is 4.88 Å². The first kappa shape index (κ1) is 12.9. The molecule has 1 aliphatic heterocycles. The van der Waals surface area contributed by atoms with Gasteiger partial charge < -0.3 is 9.52 Å². The summed E-state index contributed by atoms with van der Waals surface area (Å²) < 4.78 is 6.14. The summed E-state index contributed by atoms with van der Waals surface area (Å²) in [5.74, 6) is -0.0261. The Labute approximate surface area is 122 Å². The van der Waals surface area contributed by atoms with Crippen LogP contribution >= 0.6 is 27.3 Å². The zero-order chi connectivity index (χ0) is 13.4. The van der Waals surface area contributed by atoms with E-state index in [2.05, 4.69) is 15.9 Å². The van der Waals surface area contributed by atoms with Gasteiger partial charge in [0.1, 0.15) is 11.8 Å². The van der Waals surface area contributed by atoms with Gasteiger partial charge in [-0.3, -0.25) is 9.69 Å². The van der Waals surface area contributed by atoms with Gasteiger partial charge >= 0.3 is 5.97 Å². The van der Waals surface area contributed by atoms with Gasteiger partial charge in [0.2, 0.25) is 0 Å². The maximum Gasteiger partial charge on any atom is 0.325 e. The Kier molecular flexibility index (Phi) is 3.47. The fourth-order valence-corrected chi connectivity index (χ4v) is 3.71. The van der Waals surface area contributed by atoms with Gasteiger partial charge in [0.15, 0.2) is 4.67 Å². The van der Waals surface area contributed by atoms with Gasteiger partial charge in [-0.15, -0.1) is 11.3 Å². The Hall–Kier alpha value is -1.11. The number of carboxylic acid groups (broad SMARTS) is 1. The van der Waals surface area contributed by atoms with Crippen molar-refractivity contribution in [2.45, 2.75) is 19.0 Å². The quantitative estimate of drug-likeness (QED) is 0.930. The van der Waals surface area contributed by atoms with Crippen molar-refractivity contribution >= 4 is 33.2 Å². The summed E-state index contributed by atoms with van der Waals surface area (Å²) in [6.45, 7) is 1.25. The first-order valence-electron chi connectivity index (χ1n) is 5.92. The molecule has 6 heteroatoms. The summed E-state index contributed by atoms with van der Waals surface area (Å²) in [4.78, 5) is 14.7. The molecule has 3 heterocycles. The molecule has 2 aromatic rings. The van der Waals surface area contributed by atoms with Crippen LogP contribution in [-0.4, -0.2) is 22.5 Å². The van der Waals surface area contributed by atoms with Crippen LogP contribution in [0.15, 0.2) is 32.7 Å². The lowest BCUT2D eigenvalue weighted by Crippen LogP contribution is -2.38. The lowest BCUT2D eigenvalue weighted by Gasteiger charge is -2.32. The number of carboxylic acids is 1. The van der Waals surface area contributed by atoms with Crippen LogP contribution in [0.4, 0.5) is 0 Å². The van der Waals surface area contributed by atoms with Gasteiger partial charge in [0, 0.05) is 11.4 Å². The molecular weight excluding hydrogens is 330 g/mol. The van der Waals surface area contributed by atoms with E-state index in [-0.39, 0.29) is 0 Å². The van der Waals surface area contributed by atoms with Crippen LogP contribution in [0.5, 0.6) is 0 Å². The molecule has 3 rings (SSSR count). The van der Waals surface area contributed by atoms with Crippen molar-refractivity contribution in [1.29, 1.82) is 0 Å². The molecule has 0 spiro atoms. The Balaban J connectivity index is 1.87. The number of hydrogen-bond acceptors (Lipinski definition) is 4. The monoisotopic (exact) mass is 341 g/mol. The second kappa shape index (κ2) is 5.11. The molecule has 0 saturated heterocycles. The first-order valence-corrected chi connectivity index (χ1v) is 7.60. The van der Waals surface area contributed by atoms with Gasteiger partial charge in [-0.1, -0.05) is 0 Å². The summed E-state index contributed by atoms with van der Waals surface area (Å²) >= 11 is 4.90. The topological polar surface area (TPSA) is 53.7 Å². The molecule has 0 aliphatic carbocycles. The predicted molar refractivity (Wildman–Crippen MR) is 75.2 cm³/mol. The summed E-state index contributed by atoms with van der Waals surface area (Å²) in [5.41, 5.74) is 0.925. The van der Waals surface area contributed by atoms with Gasteiger partial charge in [-0.05, 0) is 51.5 Å². The van der Waals surface area contributed by atoms with E-state index >= 15 is 0 Å². The number of furan rings is 1. The van der Waals surface area contributed by atoms with E-state index in [0.29, 0.717) is 11.2 Å². The van der Waals surface area contributed by atoms with Crippen molar-refractivity contribution in [3.63, 3.8) is 0 Å². The Morgan fingerprint density at radius 3 is 3.05 bits per heavy atom. The normalized spacial score (nSPS) is 19.3. The van der Waals surface area contributed by atoms with E-state index in [9.17, 15) is 9.90 Å². The SMILES string of the molecule is O=C(O)C1c2ccsc2CCN1Cc1ccc(Br)o1. The average molecular weight is 342 g/mol. The highest BCUT2D eigenvalue weighted by atomic mass is 79.9. The highest BCUT2D eigenvalue weighted by Gasteiger charge is 2.34. The molecule has 0 saturated carbocycles. The third kappa shape index (κ3) is 2.48. The lowest BCUT2D eigenvalue weighted by atomic mass is 10.00. The van der Waals surface area contributed by atoms with E-state index in [1.54, 1.807) is 11.3 Å². The fourth-order valence-electron chi connectivity index (χ4n) is 2.46. The van der Waals surface area contributed by atoms with Crippen LogP contribution < -0.4 is 0 Å². The molecule has 1 N–H and O–H groups in total. The molecule has 0 bridgehead atoms. The molecule has 0 amide bonds. The van der Waals surface area contributed by atoms with Crippen molar-refractivity contribution in [3.05, 3.63) is 44.4 Å². The standard InChI is InChI=1S/C13H12BrNO3S/c14-11-2-1-8(18-11)7-15-5-3-10-9(4-6-19-10)12(15)13(16)17/h1-2,4,6,12H,3,5,7H2,(H,16,17). The number of aliphatic carboxylic acids is 1. The fraction of sp³-hybridized carbons (Fsp3) is 0.308. The van der Waals surface area contributed by atoms with Crippen molar-refractivity contribution < 1.29 is 14.3 Å². The van der Waals surface area contributed by atoms with Crippen LogP contribution in [0, 0.1) is 0 Å². The molecule has 1 atom stereocenters. The molecule has 2 aromatic heterocycles. The Morgan fingerprint density at radius 2 is 2.37 bits per heavy atom. The molecule has 1 unspecified atom stereocenters. The van der Waals surface area contributed by atoms with Crippen molar-refractivity contribution in [2.75, 3.05) is 6.54 Å². The molecule has 0 radical (unpaired) electrons. The number of thiophene rings is 1. The Bertz CT molecular complexity index is 607. The molecule has 0 aromatic carbocycles. The van der Waals surface area contributed by atoms with Crippen LogP contribution in [0.2, 0.25) is 0 Å². The number of nitrogens with zero attached hydrogens (tertiary/aromatic N) is 1. The number of hydrogen-bond donors (Lipinski definition) is 1. The minimum Gasteiger partial charge on any atom is -0.480 e. The maximum absolute atomic E-state index is 11.5. The van der Waals surface area contributed by atoms with Crippen LogP contribution in [-0.2, 0) is 17.8 Å². The lowest BCUT2D eigenvalue weighted by molar-refractivity contribution is -0.144. The zero-order valence-corrected chi connectivity index (χ0v) is 12.4. The predicted octanol–water partition coefficient (Wildman–Crippen LogP) is 3.29. The summed E-state index contributed by atoms with van der Waals surface area (Å²) in [6.07, 6.45) is 0.901. The minimum absolute atomic E-state index is 0.512. The third-order valence-electron chi connectivity index (χ3n) is 3.29. The van der Waals surface area contributed by atoms with Gasteiger partial charge in [0.05, 0.1) is 6.54 Å². The first-order chi connectivity index (χ1) is 9.15. The molecule has 4 nitrogen and oxygen atoms in total. The second-order valence-corrected chi connectivity index (χ2v) is 6.25. The number of fused-ring (bicyclic) bond motifs is 1. The second-order valence-electron chi connectivity index (χ2n) is 4.47. The van der Waals surface area contributed by atoms with Crippen molar-refractivity contribution in [1.82, 2.24) is 4.90 Å². The average Bonchev–Trinajstić information content (AvgIpc) is 2.97. The van der Waals surface area contributed by atoms with Crippen LogP contribution in [0.3, 0.4) is 0 Å². The van der Waals surface area contributed by atoms with E-state index in [4.69, 9.17) is 4.42 Å². The van der Waals surface area contributed by atoms with Gasteiger partial charge in [-0.25, -0.2) is 0 Å². The molecule has 100 valence electrons. The van der Waals surface area contributed by atoms with E-state index in [1.807, 2.05) is 28.5 Å². The zero-order valence-electron chi connectivity index (χ0n) is 10.0. The number of halogens is 1. The van der Waals surface area contributed by atoms with Gasteiger partial charge in [-0.2, -0.15) is 0 Å². The smallest absolute Gasteiger partial charge is 0.325 e. The van der Waals surface area contributed by atoms with Crippen molar-refractivity contribution in [2.24, 2.45) is 0 Å². The summed E-state index contributed by atoms with van der Waals surface area (Å²) in [5, 5.41) is 11.4. The molecule has 1 aliphatic rings. The summed E-state index contributed by atoms with van der Waals surface area (Å²) in [7, 11) is 0. The van der Waals surface area contributed by atoms with Crippen molar-refractivity contribution in [3.8, 4) is 0 Å². The largest absolute Gasteiger partial charge is 0.480 e. The van der Waals surface area contributed by atoms with E-state index in [0.717, 1.165) is 24.3 Å². The van der Waals surface area contributed by atoms with E-state index < -0.39 is 12.0 Å². The number of rotatable bonds is 3. The minimum atomic E-state index is -0.801.